The molecule has 2 N–H and O–H groups in total. The second-order valence-electron chi connectivity index (χ2n) is 4.03. The van der Waals surface area contributed by atoms with Gasteiger partial charge in [-0.05, 0) is 5.92 Å². The van der Waals surface area contributed by atoms with Gasteiger partial charge in [0, 0.05) is 19.6 Å². The average molecular weight is 213 g/mol. The molecule has 0 aliphatic heterocycles. The number of hydrogen-bond donors (Lipinski definition) is 1. The predicted octanol–water partition coefficient (Wildman–Crippen LogP) is 1.48. The summed E-state index contributed by atoms with van der Waals surface area (Å²) < 4.78 is 10.4. The molecule has 0 radical (unpaired) electrons. The van der Waals surface area contributed by atoms with Crippen LogP contribution >= 0.6 is 0 Å². The Morgan fingerprint density at radius 3 is 2.53 bits per heavy atom. The van der Waals surface area contributed by atoms with Crippen LogP contribution in [0, 0.1) is 5.92 Å². The molecule has 0 saturated heterocycles. The molecule has 1 rings (SSSR count). The summed E-state index contributed by atoms with van der Waals surface area (Å²) in [5, 5.41) is 3.91. The molecule has 0 fully saturated rings. The molecular formula is C10H19N3O2. The minimum absolute atomic E-state index is 0.0934. The van der Waals surface area contributed by atoms with Crippen molar-refractivity contribution < 1.29 is 9.26 Å². The van der Waals surface area contributed by atoms with Crippen molar-refractivity contribution in [2.24, 2.45) is 11.7 Å². The zero-order valence-electron chi connectivity index (χ0n) is 9.73. The fourth-order valence-electron chi connectivity index (χ4n) is 1.34. The topological polar surface area (TPSA) is 74.2 Å². The lowest BCUT2D eigenvalue weighted by Gasteiger charge is -2.14. The first kappa shape index (κ1) is 12.1. The van der Waals surface area contributed by atoms with E-state index in [0.29, 0.717) is 24.2 Å². The molecule has 86 valence electrons. The molecule has 0 aromatic carbocycles. The van der Waals surface area contributed by atoms with Gasteiger partial charge in [0.15, 0.2) is 0 Å². The Morgan fingerprint density at radius 2 is 2.07 bits per heavy atom. The maximum absolute atomic E-state index is 5.52. The van der Waals surface area contributed by atoms with E-state index in [2.05, 4.69) is 24.0 Å². The summed E-state index contributed by atoms with van der Waals surface area (Å²) in [5.41, 5.74) is 5.52. The lowest BCUT2D eigenvalue weighted by molar-refractivity contribution is 0.0555. The molecule has 5 nitrogen and oxygen atoms in total. The summed E-state index contributed by atoms with van der Waals surface area (Å²) in [6.07, 6.45) is -0.118. The van der Waals surface area contributed by atoms with Crippen molar-refractivity contribution in [2.75, 3.05) is 13.7 Å². The van der Waals surface area contributed by atoms with E-state index in [0.717, 1.165) is 0 Å². The Bertz CT molecular complexity index is 299. The number of aromatic nitrogens is 2. The number of nitrogens with two attached hydrogens (primary N) is 1. The fourth-order valence-corrected chi connectivity index (χ4v) is 1.34. The van der Waals surface area contributed by atoms with Crippen LogP contribution < -0.4 is 5.73 Å². The molecule has 1 aromatic rings. The van der Waals surface area contributed by atoms with Crippen LogP contribution in [0.3, 0.4) is 0 Å². The van der Waals surface area contributed by atoms with Gasteiger partial charge in [0.25, 0.3) is 0 Å². The number of methoxy groups -OCH3 is 1. The molecule has 0 spiro atoms. The highest BCUT2D eigenvalue weighted by atomic mass is 16.5. The molecule has 1 heterocycles. The summed E-state index contributed by atoms with van der Waals surface area (Å²) in [6, 6.07) is 0. The van der Waals surface area contributed by atoms with Gasteiger partial charge in [-0.25, -0.2) is 0 Å². The standard InChI is InChI=1S/C10H19N3O2/c1-6(2)8(14-4)9-12-10(15-13-9)7(3)5-11/h6-8H,5,11H2,1-4H3. The smallest absolute Gasteiger partial charge is 0.230 e. The normalized spacial score (nSPS) is 15.6. The van der Waals surface area contributed by atoms with E-state index in [1.165, 1.54) is 0 Å². The Hall–Kier alpha value is -0.940. The first-order valence-electron chi connectivity index (χ1n) is 5.16. The minimum Gasteiger partial charge on any atom is -0.373 e. The fraction of sp³-hybridized carbons (Fsp3) is 0.800. The van der Waals surface area contributed by atoms with Crippen LogP contribution in [0.5, 0.6) is 0 Å². The molecule has 0 bridgehead atoms. The molecule has 5 heteroatoms. The van der Waals surface area contributed by atoms with Gasteiger partial charge in [0.1, 0.15) is 6.10 Å². The average Bonchev–Trinajstić information content (AvgIpc) is 2.66. The van der Waals surface area contributed by atoms with E-state index in [4.69, 9.17) is 15.0 Å². The first-order valence-corrected chi connectivity index (χ1v) is 5.16. The molecule has 1 aromatic heterocycles. The number of ether oxygens (including phenoxy) is 1. The Morgan fingerprint density at radius 1 is 1.40 bits per heavy atom. The van der Waals surface area contributed by atoms with Crippen molar-refractivity contribution in [1.82, 2.24) is 10.1 Å². The van der Waals surface area contributed by atoms with Crippen LogP contribution in [-0.4, -0.2) is 23.8 Å². The first-order chi connectivity index (χ1) is 7.10. The van der Waals surface area contributed by atoms with Gasteiger partial charge >= 0.3 is 0 Å². The van der Waals surface area contributed by atoms with Gasteiger partial charge in [-0.1, -0.05) is 25.9 Å². The predicted molar refractivity (Wildman–Crippen MR) is 56.4 cm³/mol. The quantitative estimate of drug-likeness (QED) is 0.801. The van der Waals surface area contributed by atoms with E-state index in [1.54, 1.807) is 7.11 Å². The molecule has 0 aliphatic rings. The van der Waals surface area contributed by atoms with Crippen molar-refractivity contribution in [2.45, 2.75) is 32.8 Å². The van der Waals surface area contributed by atoms with E-state index in [9.17, 15) is 0 Å². The van der Waals surface area contributed by atoms with E-state index in [1.807, 2.05) is 6.92 Å². The number of hydrogen-bond acceptors (Lipinski definition) is 5. The molecule has 15 heavy (non-hydrogen) atoms. The monoisotopic (exact) mass is 213 g/mol. The van der Waals surface area contributed by atoms with Crippen LogP contribution in [0.4, 0.5) is 0 Å². The van der Waals surface area contributed by atoms with Crippen molar-refractivity contribution in [3.05, 3.63) is 11.7 Å². The summed E-state index contributed by atoms with van der Waals surface area (Å²) in [6.45, 7) is 6.56. The molecule has 2 unspecified atom stereocenters. The molecule has 0 aliphatic carbocycles. The summed E-state index contributed by atoms with van der Waals surface area (Å²) >= 11 is 0. The van der Waals surface area contributed by atoms with Gasteiger partial charge in [0.05, 0.1) is 0 Å². The van der Waals surface area contributed by atoms with Gasteiger partial charge in [0.2, 0.25) is 11.7 Å². The van der Waals surface area contributed by atoms with Crippen LogP contribution in [-0.2, 0) is 4.74 Å². The number of nitrogens with zero attached hydrogens (tertiary/aromatic N) is 2. The Kier molecular flexibility index (Phi) is 4.23. The highest BCUT2D eigenvalue weighted by molar-refractivity contribution is 4.96. The molecular weight excluding hydrogens is 194 g/mol. The Balaban J connectivity index is 2.82. The van der Waals surface area contributed by atoms with E-state index < -0.39 is 0 Å². The van der Waals surface area contributed by atoms with Crippen molar-refractivity contribution >= 4 is 0 Å². The van der Waals surface area contributed by atoms with Gasteiger partial charge in [-0.15, -0.1) is 0 Å². The lowest BCUT2D eigenvalue weighted by Crippen LogP contribution is -2.12. The third kappa shape index (κ3) is 2.76. The summed E-state index contributed by atoms with van der Waals surface area (Å²) in [7, 11) is 1.65. The maximum atomic E-state index is 5.52. The Labute approximate surface area is 90.0 Å². The third-order valence-corrected chi connectivity index (χ3v) is 2.35. The highest BCUT2D eigenvalue weighted by Gasteiger charge is 2.22. The summed E-state index contributed by atoms with van der Waals surface area (Å²) in [5.74, 6) is 1.59. The van der Waals surface area contributed by atoms with Crippen molar-refractivity contribution in [3.8, 4) is 0 Å². The molecule has 2 atom stereocenters. The highest BCUT2D eigenvalue weighted by Crippen LogP contribution is 2.23. The van der Waals surface area contributed by atoms with E-state index >= 15 is 0 Å². The van der Waals surface area contributed by atoms with Crippen LogP contribution in [0.25, 0.3) is 0 Å². The van der Waals surface area contributed by atoms with Crippen LogP contribution in [0.2, 0.25) is 0 Å². The minimum atomic E-state index is -0.118. The second kappa shape index (κ2) is 5.23. The SMILES string of the molecule is COC(c1noc(C(C)CN)n1)C(C)C. The number of rotatable bonds is 5. The zero-order chi connectivity index (χ0) is 11.4. The molecule has 0 saturated carbocycles. The third-order valence-electron chi connectivity index (χ3n) is 2.35. The van der Waals surface area contributed by atoms with Crippen molar-refractivity contribution in [1.29, 1.82) is 0 Å². The van der Waals surface area contributed by atoms with Gasteiger partial charge in [-0.2, -0.15) is 4.98 Å². The van der Waals surface area contributed by atoms with Crippen LogP contribution in [0.15, 0.2) is 4.52 Å². The maximum Gasteiger partial charge on any atom is 0.230 e. The molecule has 0 amide bonds. The second-order valence-corrected chi connectivity index (χ2v) is 4.03. The van der Waals surface area contributed by atoms with E-state index in [-0.39, 0.29) is 12.0 Å². The largest absolute Gasteiger partial charge is 0.373 e. The lowest BCUT2D eigenvalue weighted by atomic mass is 10.1. The van der Waals surface area contributed by atoms with Crippen molar-refractivity contribution in [3.63, 3.8) is 0 Å². The van der Waals surface area contributed by atoms with Crippen LogP contribution in [0.1, 0.15) is 44.5 Å². The van der Waals surface area contributed by atoms with Gasteiger partial charge in [-0.3, -0.25) is 0 Å². The zero-order valence-corrected chi connectivity index (χ0v) is 9.73. The van der Waals surface area contributed by atoms with Gasteiger partial charge < -0.3 is 15.0 Å². The summed E-state index contributed by atoms with van der Waals surface area (Å²) in [4.78, 5) is 4.29.